The van der Waals surface area contributed by atoms with Crippen molar-refractivity contribution in [3.05, 3.63) is 70.8 Å². The summed E-state index contributed by atoms with van der Waals surface area (Å²) < 4.78 is 0. The van der Waals surface area contributed by atoms with E-state index in [1.54, 1.807) is 0 Å². The summed E-state index contributed by atoms with van der Waals surface area (Å²) in [6.07, 6.45) is 8.96. The van der Waals surface area contributed by atoms with Crippen LogP contribution in [0.2, 0.25) is 0 Å². The molecule has 0 heterocycles. The van der Waals surface area contributed by atoms with Gasteiger partial charge in [-0.3, -0.25) is 9.59 Å². The Morgan fingerprint density at radius 1 is 0.970 bits per heavy atom. The van der Waals surface area contributed by atoms with Crippen molar-refractivity contribution in [1.29, 1.82) is 0 Å². The molecule has 0 amide bonds. The molecule has 0 radical (unpaired) electrons. The number of aliphatic hydroxyl groups is 2. The molecule has 33 heavy (non-hydrogen) atoms. The molecule has 2 unspecified atom stereocenters. The molecule has 0 spiro atoms. The first-order valence-corrected chi connectivity index (χ1v) is 11.7. The van der Waals surface area contributed by atoms with E-state index in [4.69, 9.17) is 0 Å². The quantitative estimate of drug-likeness (QED) is 0.638. The number of carbonyl (C=O) groups excluding carboxylic acids is 2. The molecule has 2 aliphatic carbocycles. The molecule has 4 nitrogen and oxygen atoms in total. The molecule has 178 valence electrons. The highest BCUT2D eigenvalue weighted by atomic mass is 16.3. The highest BCUT2D eigenvalue weighted by Gasteiger charge is 2.51. The molecule has 0 saturated heterocycles. The van der Waals surface area contributed by atoms with Gasteiger partial charge in [-0.05, 0) is 68.7 Å². The number of ketones is 2. The maximum Gasteiger partial charge on any atom is 0.177 e. The minimum absolute atomic E-state index is 0.118. The van der Waals surface area contributed by atoms with Gasteiger partial charge in [0.1, 0.15) is 11.2 Å². The fraction of sp³-hybridized carbons (Fsp3) is 0.517. The molecular weight excluding hydrogens is 412 g/mol. The van der Waals surface area contributed by atoms with E-state index < -0.39 is 16.6 Å². The smallest absolute Gasteiger partial charge is 0.177 e. The average molecular weight is 451 g/mol. The number of hydrogen-bond acceptors (Lipinski definition) is 4. The number of hydrogen-bond donors (Lipinski definition) is 2. The van der Waals surface area contributed by atoms with Gasteiger partial charge in [-0.25, -0.2) is 0 Å². The van der Waals surface area contributed by atoms with Crippen LogP contribution in [0.3, 0.4) is 0 Å². The SMILES string of the molecule is CC(C)(O)C(=O)Cc1cccc(C2(C)CC(C)(C)C3=CC=CC(C)(C(=O)C(C)(C)O)C=C32)c1. The van der Waals surface area contributed by atoms with Crippen LogP contribution in [0.5, 0.6) is 0 Å². The maximum absolute atomic E-state index is 13.2. The van der Waals surface area contributed by atoms with Crippen molar-refractivity contribution in [3.8, 4) is 0 Å². The lowest BCUT2D eigenvalue weighted by atomic mass is 9.71. The summed E-state index contributed by atoms with van der Waals surface area (Å²) in [6.45, 7) is 14.6. The molecule has 1 saturated carbocycles. The fourth-order valence-corrected chi connectivity index (χ4v) is 5.46. The monoisotopic (exact) mass is 450 g/mol. The molecule has 2 aliphatic rings. The topological polar surface area (TPSA) is 74.6 Å². The Hall–Kier alpha value is -2.30. The van der Waals surface area contributed by atoms with E-state index in [1.165, 1.54) is 33.3 Å². The summed E-state index contributed by atoms with van der Waals surface area (Å²) in [4.78, 5) is 25.7. The first-order valence-electron chi connectivity index (χ1n) is 11.7. The zero-order valence-electron chi connectivity index (χ0n) is 21.2. The zero-order valence-corrected chi connectivity index (χ0v) is 21.2. The Bertz CT molecular complexity index is 1070. The Morgan fingerprint density at radius 2 is 1.61 bits per heavy atom. The van der Waals surface area contributed by atoms with Gasteiger partial charge in [-0.2, -0.15) is 0 Å². The summed E-state index contributed by atoms with van der Waals surface area (Å²) in [5.74, 6) is -0.469. The lowest BCUT2D eigenvalue weighted by molar-refractivity contribution is -0.139. The van der Waals surface area contributed by atoms with Crippen molar-refractivity contribution in [2.45, 2.75) is 84.8 Å². The molecular formula is C29H38O4. The largest absolute Gasteiger partial charge is 0.383 e. The van der Waals surface area contributed by atoms with E-state index in [9.17, 15) is 19.8 Å². The van der Waals surface area contributed by atoms with Crippen LogP contribution in [-0.2, 0) is 21.4 Å². The average Bonchev–Trinajstić information content (AvgIpc) is 2.80. The van der Waals surface area contributed by atoms with Crippen molar-refractivity contribution in [1.82, 2.24) is 0 Å². The van der Waals surface area contributed by atoms with Crippen LogP contribution in [0.4, 0.5) is 0 Å². The highest BCUT2D eigenvalue weighted by Crippen LogP contribution is 2.59. The molecule has 3 rings (SSSR count). The Balaban J connectivity index is 2.14. The summed E-state index contributed by atoms with van der Waals surface area (Å²) in [5.41, 5.74) is -0.0618. The summed E-state index contributed by atoms with van der Waals surface area (Å²) in [7, 11) is 0. The second-order valence-electron chi connectivity index (χ2n) is 11.9. The van der Waals surface area contributed by atoms with Crippen molar-refractivity contribution < 1.29 is 19.8 Å². The summed E-state index contributed by atoms with van der Waals surface area (Å²) in [5, 5.41) is 20.6. The van der Waals surface area contributed by atoms with Gasteiger partial charge in [-0.15, -0.1) is 0 Å². The van der Waals surface area contributed by atoms with Gasteiger partial charge in [0.2, 0.25) is 0 Å². The minimum Gasteiger partial charge on any atom is -0.383 e. The molecule has 1 aromatic carbocycles. The Morgan fingerprint density at radius 3 is 2.18 bits per heavy atom. The first-order chi connectivity index (χ1) is 14.9. The van der Waals surface area contributed by atoms with E-state index in [1.807, 2.05) is 37.3 Å². The lowest BCUT2D eigenvalue weighted by Crippen LogP contribution is -2.42. The number of benzene rings is 1. The van der Waals surface area contributed by atoms with Gasteiger partial charge in [0.05, 0.1) is 5.41 Å². The molecule has 4 heteroatoms. The second kappa shape index (κ2) is 7.89. The molecule has 2 atom stereocenters. The van der Waals surface area contributed by atoms with Crippen LogP contribution >= 0.6 is 0 Å². The fourth-order valence-electron chi connectivity index (χ4n) is 5.46. The van der Waals surface area contributed by atoms with Crippen LogP contribution in [0, 0.1) is 10.8 Å². The van der Waals surface area contributed by atoms with E-state index in [0.29, 0.717) is 0 Å². The predicted octanol–water partition coefficient (Wildman–Crippen LogP) is 5.03. The number of Topliss-reactive ketones (excluding diaryl/α,β-unsaturated/α-hetero) is 2. The van der Waals surface area contributed by atoms with Crippen molar-refractivity contribution in [2.24, 2.45) is 10.8 Å². The van der Waals surface area contributed by atoms with Crippen LogP contribution < -0.4 is 0 Å². The first kappa shape index (κ1) is 25.3. The summed E-state index contributed by atoms with van der Waals surface area (Å²) in [6, 6.07) is 8.00. The third-order valence-electron chi connectivity index (χ3n) is 7.21. The van der Waals surface area contributed by atoms with E-state index in [2.05, 4.69) is 39.0 Å². The van der Waals surface area contributed by atoms with Gasteiger partial charge in [0, 0.05) is 11.8 Å². The molecule has 0 aliphatic heterocycles. The molecule has 1 aromatic rings. The van der Waals surface area contributed by atoms with Crippen molar-refractivity contribution in [2.75, 3.05) is 0 Å². The molecule has 0 bridgehead atoms. The zero-order chi connectivity index (χ0) is 25.0. The number of allylic oxidation sites excluding steroid dienone is 6. The van der Waals surface area contributed by atoms with Gasteiger partial charge >= 0.3 is 0 Å². The molecule has 2 N–H and O–H groups in total. The Kier molecular flexibility index (Phi) is 6.05. The van der Waals surface area contributed by atoms with Crippen molar-refractivity contribution >= 4 is 11.6 Å². The van der Waals surface area contributed by atoms with Gasteiger partial charge < -0.3 is 10.2 Å². The minimum atomic E-state index is -1.46. The second-order valence-corrected chi connectivity index (χ2v) is 11.9. The number of carbonyl (C=O) groups is 2. The van der Waals surface area contributed by atoms with Gasteiger partial charge in [0.25, 0.3) is 0 Å². The predicted molar refractivity (Wildman–Crippen MR) is 132 cm³/mol. The van der Waals surface area contributed by atoms with Gasteiger partial charge in [-0.1, -0.05) is 69.3 Å². The van der Waals surface area contributed by atoms with E-state index in [0.717, 1.165) is 23.1 Å². The number of fused-ring (bicyclic) bond motifs is 1. The van der Waals surface area contributed by atoms with Gasteiger partial charge in [0.15, 0.2) is 11.6 Å². The maximum atomic E-state index is 13.2. The van der Waals surface area contributed by atoms with Crippen LogP contribution in [0.15, 0.2) is 59.7 Å². The molecule has 0 aromatic heterocycles. The van der Waals surface area contributed by atoms with Crippen molar-refractivity contribution in [3.63, 3.8) is 0 Å². The van der Waals surface area contributed by atoms with Crippen LogP contribution in [0.1, 0.15) is 72.9 Å². The molecule has 1 fully saturated rings. The lowest BCUT2D eigenvalue weighted by Gasteiger charge is -2.32. The number of rotatable bonds is 6. The third-order valence-corrected chi connectivity index (χ3v) is 7.21. The summed E-state index contributed by atoms with van der Waals surface area (Å²) >= 11 is 0. The highest BCUT2D eigenvalue weighted by molar-refractivity contribution is 5.95. The standard InChI is InChI=1S/C29H38O4/c1-25(2)18-29(8,20-12-9-11-19(15-20)16-23(30)26(3,4)32)22-17-28(7,14-10-13-21(22)25)24(31)27(5,6)33/h9-15,17,32-33H,16,18H2,1-8H3. The third kappa shape index (κ3) is 4.69. The van der Waals surface area contributed by atoms with Crippen LogP contribution in [0.25, 0.3) is 0 Å². The van der Waals surface area contributed by atoms with Crippen LogP contribution in [-0.4, -0.2) is 33.0 Å². The normalized spacial score (nSPS) is 26.8. The van der Waals surface area contributed by atoms with E-state index >= 15 is 0 Å². The van der Waals surface area contributed by atoms with E-state index in [-0.39, 0.29) is 28.8 Å². The Labute approximate surface area is 198 Å².